The molecule has 0 unspecified atom stereocenters. The van der Waals surface area contributed by atoms with Gasteiger partial charge in [0.15, 0.2) is 17.4 Å². The number of imidazole rings is 1. The predicted molar refractivity (Wildman–Crippen MR) is 130 cm³/mol. The van der Waals surface area contributed by atoms with Gasteiger partial charge in [-0.15, -0.1) is 0 Å². The molecule has 2 N–H and O–H groups in total. The lowest BCUT2D eigenvalue weighted by Gasteiger charge is -2.37. The van der Waals surface area contributed by atoms with Crippen LogP contribution in [0.2, 0.25) is 0 Å². The Morgan fingerprint density at radius 3 is 3.09 bits per heavy atom. The number of allylic oxidation sites excluding steroid dienone is 1. The molecule has 3 fully saturated rings. The highest BCUT2D eigenvalue weighted by atomic mass is 32.9. The molecule has 2 aliphatic heterocycles. The summed E-state index contributed by atoms with van der Waals surface area (Å²) in [5, 5.41) is 10.9. The molecule has 33 heavy (non-hydrogen) atoms. The third-order valence-electron chi connectivity index (χ3n) is 7.21. The topological polar surface area (TPSA) is 111 Å². The van der Waals surface area contributed by atoms with Crippen molar-refractivity contribution in [1.82, 2.24) is 19.5 Å². The van der Waals surface area contributed by atoms with Crippen molar-refractivity contribution < 1.29 is 18.9 Å². The lowest BCUT2D eigenvalue weighted by atomic mass is 9.77. The third-order valence-corrected chi connectivity index (χ3v) is 13.0. The summed E-state index contributed by atoms with van der Waals surface area (Å²) in [5.74, 6) is 0.250. The Labute approximate surface area is 201 Å². The van der Waals surface area contributed by atoms with Crippen LogP contribution in [-0.4, -0.2) is 54.3 Å². The fraction of sp³-hybridized carbons (Fsp3) is 0.667. The van der Waals surface area contributed by atoms with Crippen molar-refractivity contribution in [1.29, 1.82) is 0 Å². The van der Waals surface area contributed by atoms with Crippen molar-refractivity contribution in [2.45, 2.75) is 69.3 Å². The second-order valence-corrected chi connectivity index (χ2v) is 16.1. The van der Waals surface area contributed by atoms with Crippen LogP contribution in [0.15, 0.2) is 29.6 Å². The Hall–Kier alpha value is -1.07. The Morgan fingerprint density at radius 2 is 2.33 bits per heavy atom. The van der Waals surface area contributed by atoms with Gasteiger partial charge in [-0.25, -0.2) is 9.97 Å². The van der Waals surface area contributed by atoms with Crippen LogP contribution in [0, 0.1) is 11.8 Å². The monoisotopic (exact) mass is 512 g/mol. The molecule has 0 bridgehead atoms. The zero-order valence-electron chi connectivity index (χ0n) is 18.8. The van der Waals surface area contributed by atoms with Crippen molar-refractivity contribution >= 4 is 40.0 Å². The molecule has 2 saturated heterocycles. The number of rotatable bonds is 5. The first-order valence-corrected chi connectivity index (χ1v) is 15.2. The number of hydrogen-bond acceptors (Lipinski definition) is 9. The molecule has 1 saturated carbocycles. The van der Waals surface area contributed by atoms with Crippen LogP contribution in [0.1, 0.15) is 46.3 Å². The van der Waals surface area contributed by atoms with Crippen LogP contribution >= 0.6 is 17.1 Å². The molecule has 0 aromatic carbocycles. The molecule has 0 radical (unpaired) electrons. The van der Waals surface area contributed by atoms with Gasteiger partial charge in [0.05, 0.1) is 31.5 Å². The predicted octanol–water partition coefficient (Wildman–Crippen LogP) is 3.52. The number of nitrogens with zero attached hydrogens (tertiary/aromatic N) is 3. The number of ether oxygens (including phenoxy) is 1. The maximum Gasteiger partial charge on any atom is 0.278 e. The summed E-state index contributed by atoms with van der Waals surface area (Å²) in [4.78, 5) is 22.8. The number of nitrogens with one attached hydrogen (secondary N) is 1. The van der Waals surface area contributed by atoms with Crippen molar-refractivity contribution in [3.63, 3.8) is 0 Å². The Balaban J connectivity index is 1.28. The molecule has 12 heteroatoms. The van der Waals surface area contributed by atoms with E-state index in [1.54, 1.807) is 15.9 Å². The van der Waals surface area contributed by atoms with E-state index in [0.29, 0.717) is 11.6 Å². The molecule has 2 aromatic heterocycles. The molecule has 5 rings (SSSR count). The maximum atomic E-state index is 12.0. The molecule has 0 amide bonds. The van der Waals surface area contributed by atoms with E-state index in [9.17, 15) is 9.90 Å². The van der Waals surface area contributed by atoms with E-state index in [-0.39, 0.29) is 40.6 Å². The molecule has 9 nitrogen and oxygen atoms in total. The molecular weight excluding hydrogens is 483 g/mol. The Kier molecular flexibility index (Phi) is 6.13. The summed E-state index contributed by atoms with van der Waals surface area (Å²) < 4.78 is 20.3. The fourth-order valence-electron chi connectivity index (χ4n) is 4.94. The van der Waals surface area contributed by atoms with Crippen LogP contribution in [-0.2, 0) is 25.6 Å². The third kappa shape index (κ3) is 4.16. The molecule has 8 atom stereocenters. The van der Waals surface area contributed by atoms with Crippen molar-refractivity contribution in [2.75, 3.05) is 6.61 Å². The zero-order valence-corrected chi connectivity index (χ0v) is 21.4. The van der Waals surface area contributed by atoms with Gasteiger partial charge in [0.1, 0.15) is 6.10 Å². The quantitative estimate of drug-likeness (QED) is 0.459. The van der Waals surface area contributed by atoms with E-state index < -0.39 is 18.0 Å². The number of H-pyrrole nitrogens is 1. The highest BCUT2D eigenvalue weighted by molar-refractivity contribution is 8.68. The number of hydrogen-bond donors (Lipinski definition) is 2. The first-order chi connectivity index (χ1) is 15.6. The fourth-order valence-corrected chi connectivity index (χ4v) is 12.1. The average molecular weight is 513 g/mol. The van der Waals surface area contributed by atoms with Gasteiger partial charge in [0.2, 0.25) is 5.69 Å². The largest absolute Gasteiger partial charge is 0.388 e. The second kappa shape index (κ2) is 8.55. The minimum absolute atomic E-state index is 0.0415. The van der Waals surface area contributed by atoms with E-state index in [4.69, 9.17) is 25.6 Å². The molecular formula is C21H29N4O5PS2. The molecule has 1 aliphatic carbocycles. The summed E-state index contributed by atoms with van der Waals surface area (Å²) >= 11 is 7.54. The van der Waals surface area contributed by atoms with Gasteiger partial charge in [-0.05, 0) is 50.8 Å². The van der Waals surface area contributed by atoms with Crippen molar-refractivity contribution in [3.8, 4) is 0 Å². The van der Waals surface area contributed by atoms with Gasteiger partial charge in [-0.3, -0.25) is 9.36 Å². The lowest BCUT2D eigenvalue weighted by Crippen LogP contribution is -2.39. The van der Waals surface area contributed by atoms with Gasteiger partial charge in [-0.2, -0.15) is 0 Å². The minimum atomic E-state index is -2.54. The normalized spacial score (nSPS) is 40.8. The van der Waals surface area contributed by atoms with Crippen LogP contribution in [0.5, 0.6) is 0 Å². The first-order valence-electron chi connectivity index (χ1n) is 11.1. The molecule has 2 aromatic rings. The molecule has 0 spiro atoms. The van der Waals surface area contributed by atoms with Gasteiger partial charge < -0.3 is 23.9 Å². The Morgan fingerprint density at radius 1 is 1.55 bits per heavy atom. The number of aromatic amines is 1. The molecule has 3 aliphatic rings. The van der Waals surface area contributed by atoms with Gasteiger partial charge >= 0.3 is 0 Å². The van der Waals surface area contributed by atoms with E-state index in [0.717, 1.165) is 19.3 Å². The van der Waals surface area contributed by atoms with Gasteiger partial charge in [0, 0.05) is 10.7 Å². The smallest absolute Gasteiger partial charge is 0.278 e. The Bertz CT molecular complexity index is 1190. The average Bonchev–Trinajstić information content (AvgIpc) is 3.39. The second-order valence-electron chi connectivity index (χ2n) is 9.53. The van der Waals surface area contributed by atoms with Crippen molar-refractivity contribution in [2.24, 2.45) is 11.8 Å². The van der Waals surface area contributed by atoms with E-state index in [1.807, 2.05) is 6.92 Å². The first kappa shape index (κ1) is 23.7. The minimum Gasteiger partial charge on any atom is -0.388 e. The van der Waals surface area contributed by atoms with Crippen LogP contribution < -0.4 is 5.56 Å². The van der Waals surface area contributed by atoms with E-state index in [1.165, 1.54) is 18.2 Å². The number of fused-ring (bicyclic) bond motifs is 2. The summed E-state index contributed by atoms with van der Waals surface area (Å²) in [6.07, 6.45) is 3.98. The van der Waals surface area contributed by atoms with E-state index in [2.05, 4.69) is 35.4 Å². The summed E-state index contributed by atoms with van der Waals surface area (Å²) in [7, 11) is 0. The van der Waals surface area contributed by atoms with Crippen LogP contribution in [0.3, 0.4) is 0 Å². The van der Waals surface area contributed by atoms with Crippen LogP contribution in [0.25, 0.3) is 11.2 Å². The number of aliphatic hydroxyl groups excluding tert-OH is 1. The summed E-state index contributed by atoms with van der Waals surface area (Å²) in [6, 6.07) is 0. The van der Waals surface area contributed by atoms with Gasteiger partial charge in [-0.1, -0.05) is 30.5 Å². The highest BCUT2D eigenvalue weighted by Crippen LogP contribution is 2.75. The summed E-state index contributed by atoms with van der Waals surface area (Å²) in [6.45, 7) is 10.6. The van der Waals surface area contributed by atoms with Crippen molar-refractivity contribution in [3.05, 3.63) is 35.2 Å². The SMILES string of the molecule is C=C(C)[C@H]1CC[C@@]2(C)S[P@](=S)(OC[C@H]3O[C@@H](n4cnc5c(=O)[nH]cnc54)[C@H](O)[C@@H]3C)O[C@@H]2C1. The lowest BCUT2D eigenvalue weighted by molar-refractivity contribution is -0.0464. The number of aliphatic hydroxyl groups is 1. The number of aromatic nitrogens is 4. The maximum absolute atomic E-state index is 12.0. The standard InChI is InChI=1S/C21H29N4O5PS2/c1-11(2)13-5-6-21(4)15(7-13)30-31(32,33-21)28-8-14-12(3)17(26)20(29-14)25-10-24-16-18(25)22-9-23-19(16)27/h9-10,12-15,17,20,26H,1,5-8H2,2-4H3,(H,22,23,27)/t12-,13+,14-,15-,17-,20-,21-,31-/m1/s1. The van der Waals surface area contributed by atoms with Crippen LogP contribution in [0.4, 0.5) is 0 Å². The molecule has 180 valence electrons. The summed E-state index contributed by atoms with van der Waals surface area (Å²) in [5.41, 5.74) is -1.11. The highest BCUT2D eigenvalue weighted by Gasteiger charge is 2.54. The van der Waals surface area contributed by atoms with E-state index >= 15 is 0 Å². The zero-order chi connectivity index (χ0) is 23.5. The molecule has 4 heterocycles. The van der Waals surface area contributed by atoms with Gasteiger partial charge in [0.25, 0.3) is 5.56 Å².